The number of allylic oxidation sites excluding steroid dienone is 1. The van der Waals surface area contributed by atoms with Crippen LogP contribution in [0.4, 0.5) is 0 Å². The van der Waals surface area contributed by atoms with Gasteiger partial charge in [-0.2, -0.15) is 0 Å². The van der Waals surface area contributed by atoms with E-state index < -0.39 is 28.9 Å². The van der Waals surface area contributed by atoms with Crippen molar-refractivity contribution >= 4 is 17.7 Å². The molecule has 1 aromatic carbocycles. The van der Waals surface area contributed by atoms with Gasteiger partial charge in [0.2, 0.25) is 0 Å². The molecule has 7 nitrogen and oxygen atoms in total. The number of fused-ring (bicyclic) bond motifs is 7. The summed E-state index contributed by atoms with van der Waals surface area (Å²) < 4.78 is 5.97. The molecule has 5 aliphatic rings. The zero-order valence-corrected chi connectivity index (χ0v) is 33.6. The van der Waals surface area contributed by atoms with Gasteiger partial charge in [0.15, 0.2) is 5.78 Å². The van der Waals surface area contributed by atoms with Crippen molar-refractivity contribution in [3.8, 4) is 0 Å². The summed E-state index contributed by atoms with van der Waals surface area (Å²) in [5, 5.41) is 22.0. The highest BCUT2D eigenvalue weighted by atomic mass is 16.5. The van der Waals surface area contributed by atoms with E-state index in [1.165, 1.54) is 16.7 Å². The average molecular weight is 718 g/mol. The van der Waals surface area contributed by atoms with E-state index in [1.54, 1.807) is 13.8 Å². The molecule has 0 amide bonds. The molecular weight excluding hydrogens is 650 g/mol. The predicted molar refractivity (Wildman–Crippen MR) is 204 cm³/mol. The molecule has 52 heavy (non-hydrogen) atoms. The Labute approximate surface area is 313 Å². The monoisotopic (exact) mass is 717 g/mol. The van der Waals surface area contributed by atoms with Crippen LogP contribution in [0.15, 0.2) is 35.4 Å². The number of hydrogen-bond acceptors (Lipinski definition) is 6. The summed E-state index contributed by atoms with van der Waals surface area (Å²) >= 11 is 0. The van der Waals surface area contributed by atoms with Crippen molar-refractivity contribution < 1.29 is 29.3 Å². The number of carboxylic acid groups (broad SMARTS) is 1. The number of ketones is 1. The van der Waals surface area contributed by atoms with Crippen LogP contribution in [0.25, 0.3) is 0 Å². The number of ether oxygens (including phenoxy) is 1. The third-order valence-corrected chi connectivity index (χ3v) is 16.0. The van der Waals surface area contributed by atoms with Gasteiger partial charge in [-0.15, -0.1) is 0 Å². The van der Waals surface area contributed by atoms with Crippen molar-refractivity contribution in [3.05, 3.63) is 46.5 Å². The molecule has 4 saturated carbocycles. The summed E-state index contributed by atoms with van der Waals surface area (Å²) in [6, 6.07) is 8.64. The highest BCUT2D eigenvalue weighted by Crippen LogP contribution is 2.75. The first-order chi connectivity index (χ1) is 24.3. The quantitative estimate of drug-likeness (QED) is 0.220. The molecule has 0 radical (unpaired) electrons. The number of benzene rings is 1. The molecule has 0 unspecified atom stereocenters. The van der Waals surface area contributed by atoms with Gasteiger partial charge < -0.3 is 14.9 Å². The van der Waals surface area contributed by atoms with Crippen LogP contribution in [0.5, 0.6) is 0 Å². The largest absolute Gasteiger partial charge is 0.481 e. The number of aliphatic hydroxyl groups is 1. The number of Topliss-reactive ketones (excluding diaryl/α,β-unsaturated/α-hetero) is 1. The highest BCUT2D eigenvalue weighted by Gasteiger charge is 2.69. The first-order valence-corrected chi connectivity index (χ1v) is 20.5. The first kappa shape index (κ1) is 39.2. The fourth-order valence-electron chi connectivity index (χ4n) is 12.8. The van der Waals surface area contributed by atoms with E-state index >= 15 is 0 Å². The number of nitrogens with zero attached hydrogens (tertiary/aromatic N) is 1. The van der Waals surface area contributed by atoms with Crippen molar-refractivity contribution in [2.75, 3.05) is 13.1 Å². The van der Waals surface area contributed by atoms with Crippen LogP contribution in [-0.2, 0) is 25.7 Å². The molecule has 2 N–H and O–H groups in total. The van der Waals surface area contributed by atoms with E-state index in [0.29, 0.717) is 24.8 Å². The van der Waals surface area contributed by atoms with E-state index in [9.17, 15) is 24.6 Å². The van der Waals surface area contributed by atoms with Crippen LogP contribution in [-0.4, -0.2) is 58.1 Å². The van der Waals surface area contributed by atoms with Gasteiger partial charge in [0.05, 0.1) is 17.9 Å². The molecule has 1 aromatic rings. The normalized spacial score (nSPS) is 36.6. The predicted octanol–water partition coefficient (Wildman–Crippen LogP) is 8.94. The molecule has 4 fully saturated rings. The molecule has 0 bridgehead atoms. The van der Waals surface area contributed by atoms with Gasteiger partial charge in [-0.1, -0.05) is 76.9 Å². The Kier molecular flexibility index (Phi) is 10.5. The molecule has 288 valence electrons. The summed E-state index contributed by atoms with van der Waals surface area (Å²) in [4.78, 5) is 41.0. The fourth-order valence-corrected chi connectivity index (χ4v) is 12.8. The molecule has 0 saturated heterocycles. The summed E-state index contributed by atoms with van der Waals surface area (Å²) in [5.74, 6) is 0.281. The van der Waals surface area contributed by atoms with Gasteiger partial charge in [-0.05, 0) is 136 Å². The van der Waals surface area contributed by atoms with Crippen LogP contribution in [0.3, 0.4) is 0 Å². The zero-order valence-electron chi connectivity index (χ0n) is 33.6. The standard InChI is InChI=1S/C45H67NO6/c1-10-46(26-30-13-11-12-29(4)22-30)27-36(48)45-21-20-43(8)33(39(45)38(28(2)3)34(47)24-45)14-15-35-42(7)18-17-32(23-31(42)16-19-44(35,43)9)52-37(49)25-41(5,6)40(50)51/h11-13,22,28,31-33,35-36,48H,10,14-21,23-27H2,1-9H3,(H,50,51)/t31-,32-,33+,35+,36-,42-,43+,44+,45-/m0/s1. The van der Waals surface area contributed by atoms with Gasteiger partial charge in [0.25, 0.3) is 0 Å². The maximum Gasteiger partial charge on any atom is 0.309 e. The molecule has 0 heterocycles. The number of rotatable bonds is 11. The molecule has 0 aliphatic heterocycles. The third kappa shape index (κ3) is 6.42. The Bertz CT molecular complexity index is 1600. The second-order valence-electron chi connectivity index (χ2n) is 19.6. The molecule has 7 heteroatoms. The minimum absolute atomic E-state index is 0.0188. The summed E-state index contributed by atoms with van der Waals surface area (Å²) in [5.41, 5.74) is 3.46. The van der Waals surface area contributed by atoms with Crippen LogP contribution < -0.4 is 0 Å². The van der Waals surface area contributed by atoms with Crippen molar-refractivity contribution in [3.63, 3.8) is 0 Å². The van der Waals surface area contributed by atoms with Crippen molar-refractivity contribution in [2.45, 2.75) is 152 Å². The third-order valence-electron chi connectivity index (χ3n) is 16.0. The molecule has 5 aliphatic carbocycles. The Morgan fingerprint density at radius 2 is 1.75 bits per heavy atom. The van der Waals surface area contributed by atoms with E-state index in [-0.39, 0.29) is 46.4 Å². The Morgan fingerprint density at radius 1 is 1.02 bits per heavy atom. The second kappa shape index (κ2) is 14.0. The van der Waals surface area contributed by atoms with E-state index in [4.69, 9.17) is 4.74 Å². The number of aliphatic hydroxyl groups excluding tert-OH is 1. The van der Waals surface area contributed by atoms with E-state index in [1.807, 2.05) is 0 Å². The lowest BCUT2D eigenvalue weighted by Gasteiger charge is -2.70. The molecule has 6 rings (SSSR count). The number of hydrogen-bond donors (Lipinski definition) is 2. The fraction of sp³-hybridized carbons (Fsp3) is 0.756. The van der Waals surface area contributed by atoms with Gasteiger partial charge in [-0.3, -0.25) is 19.3 Å². The van der Waals surface area contributed by atoms with Crippen LogP contribution >= 0.6 is 0 Å². The smallest absolute Gasteiger partial charge is 0.309 e. The van der Waals surface area contributed by atoms with Crippen LogP contribution in [0.2, 0.25) is 0 Å². The average Bonchev–Trinajstić information content (AvgIpc) is 3.38. The number of carbonyl (C=O) groups excluding carboxylic acids is 2. The lowest BCUT2D eigenvalue weighted by Crippen LogP contribution is -2.64. The lowest BCUT2D eigenvalue weighted by atomic mass is 9.34. The van der Waals surface area contributed by atoms with Gasteiger partial charge in [-0.25, -0.2) is 0 Å². The van der Waals surface area contributed by atoms with E-state index in [0.717, 1.165) is 76.5 Å². The molecule has 0 aromatic heterocycles. The minimum atomic E-state index is -1.14. The maximum atomic E-state index is 14.1. The molecular formula is C45H67NO6. The second-order valence-corrected chi connectivity index (χ2v) is 19.6. The number of aryl methyl sites for hydroxylation is 1. The number of esters is 1. The number of carboxylic acids is 1. The first-order valence-electron chi connectivity index (χ1n) is 20.5. The number of carbonyl (C=O) groups is 3. The van der Waals surface area contributed by atoms with Crippen LogP contribution in [0, 0.1) is 57.7 Å². The van der Waals surface area contributed by atoms with Crippen molar-refractivity contribution in [2.24, 2.45) is 50.7 Å². The SMILES string of the molecule is CCN(Cc1cccc(C)c1)C[C@H](O)[C@@]12CC[C@]3(C)[C@H](CC[C@@H]4[C@@]5(C)CC[C@H](OC(=O)CC(C)(C)C(=O)O)C[C@@H]5CC[C@]43C)C1=C(C(C)C)C(=O)C2. The van der Waals surface area contributed by atoms with Gasteiger partial charge in [0.1, 0.15) is 6.10 Å². The van der Waals surface area contributed by atoms with Gasteiger partial charge >= 0.3 is 11.9 Å². The Balaban J connectivity index is 1.24. The summed E-state index contributed by atoms with van der Waals surface area (Å²) in [6.45, 7) is 21.6. The lowest BCUT2D eigenvalue weighted by molar-refractivity contribution is -0.207. The van der Waals surface area contributed by atoms with Gasteiger partial charge in [0, 0.05) is 24.9 Å². The van der Waals surface area contributed by atoms with E-state index in [2.05, 4.69) is 77.6 Å². The Morgan fingerprint density at radius 3 is 2.40 bits per heavy atom. The molecule has 0 spiro atoms. The van der Waals surface area contributed by atoms with Crippen molar-refractivity contribution in [1.82, 2.24) is 4.90 Å². The summed E-state index contributed by atoms with van der Waals surface area (Å²) in [7, 11) is 0. The minimum Gasteiger partial charge on any atom is -0.481 e. The maximum absolute atomic E-state index is 14.1. The summed E-state index contributed by atoms with van der Waals surface area (Å²) in [6.07, 6.45) is 8.50. The van der Waals surface area contributed by atoms with Crippen molar-refractivity contribution in [1.29, 1.82) is 0 Å². The number of likely N-dealkylation sites (N-methyl/N-ethyl adjacent to an activating group) is 1. The zero-order chi connectivity index (χ0) is 38.0. The highest BCUT2D eigenvalue weighted by molar-refractivity contribution is 6.00. The topological polar surface area (TPSA) is 104 Å². The molecule has 9 atom stereocenters. The number of aliphatic carboxylic acids is 1. The van der Waals surface area contributed by atoms with Crippen LogP contribution in [0.1, 0.15) is 137 Å². The Hall–Kier alpha value is -2.51.